The van der Waals surface area contributed by atoms with Crippen molar-refractivity contribution in [2.75, 3.05) is 39.5 Å². The molecule has 0 saturated heterocycles. The third-order valence-electron chi connectivity index (χ3n) is 9.29. The smallest absolute Gasteiger partial charge is 0.407 e. The van der Waals surface area contributed by atoms with E-state index in [2.05, 4.69) is 37.6 Å². The van der Waals surface area contributed by atoms with Crippen LogP contribution in [0, 0.1) is 34.5 Å². The zero-order chi connectivity index (χ0) is 30.6. The molecule has 3 fully saturated rings. The Balaban J connectivity index is 1.34. The van der Waals surface area contributed by atoms with Gasteiger partial charge in [-0.2, -0.15) is 0 Å². The minimum absolute atomic E-state index is 0.0298. The molecule has 6 unspecified atom stereocenters. The van der Waals surface area contributed by atoms with Gasteiger partial charge in [-0.25, -0.2) is 19.2 Å². The van der Waals surface area contributed by atoms with Gasteiger partial charge in [0.2, 0.25) is 0 Å². The molecule has 0 spiro atoms. The van der Waals surface area contributed by atoms with Crippen molar-refractivity contribution < 1.29 is 38.1 Å². The fourth-order valence-electron chi connectivity index (χ4n) is 7.34. The summed E-state index contributed by atoms with van der Waals surface area (Å²) in [6, 6.07) is 0. The van der Waals surface area contributed by atoms with Gasteiger partial charge in [0, 0.05) is 36.1 Å². The number of hydrogen-bond donors (Lipinski definition) is 2. The van der Waals surface area contributed by atoms with Crippen LogP contribution in [0.5, 0.6) is 0 Å². The molecule has 0 heterocycles. The average Bonchev–Trinajstić information content (AvgIpc) is 3.22. The number of alkyl carbamates (subject to hydrolysis) is 2. The van der Waals surface area contributed by atoms with Gasteiger partial charge in [0.15, 0.2) is 0 Å². The van der Waals surface area contributed by atoms with Gasteiger partial charge in [-0.05, 0) is 87.9 Å². The lowest BCUT2D eigenvalue weighted by atomic mass is 9.65. The molecule has 10 nitrogen and oxygen atoms in total. The van der Waals surface area contributed by atoms with Gasteiger partial charge in [-0.1, -0.05) is 27.0 Å². The van der Waals surface area contributed by atoms with Crippen LogP contribution in [-0.4, -0.2) is 63.6 Å². The minimum Gasteiger partial charge on any atom is -0.463 e. The summed E-state index contributed by atoms with van der Waals surface area (Å²) in [6.07, 6.45) is 10.8. The zero-order valence-electron chi connectivity index (χ0n) is 25.5. The fourth-order valence-corrected chi connectivity index (χ4v) is 7.34. The van der Waals surface area contributed by atoms with Gasteiger partial charge in [0.05, 0.1) is 26.4 Å². The quantitative estimate of drug-likeness (QED) is 0.107. The maximum Gasteiger partial charge on any atom is 0.407 e. The Kier molecular flexibility index (Phi) is 12.7. The van der Waals surface area contributed by atoms with Crippen molar-refractivity contribution in [3.8, 4) is 0 Å². The van der Waals surface area contributed by atoms with Crippen molar-refractivity contribution in [1.29, 1.82) is 0 Å². The molecule has 2 bridgehead atoms. The number of hydrogen-bond acceptors (Lipinski definition) is 8. The molecule has 0 aromatic heterocycles. The minimum atomic E-state index is -0.438. The fraction of sp³-hybridized carbons (Fsp3) is 0.750. The molecule has 3 saturated carbocycles. The van der Waals surface area contributed by atoms with E-state index >= 15 is 0 Å². The highest BCUT2D eigenvalue weighted by atomic mass is 16.6. The lowest BCUT2D eigenvalue weighted by Gasteiger charge is -2.41. The Labute approximate surface area is 250 Å². The summed E-state index contributed by atoms with van der Waals surface area (Å²) in [5.41, 5.74) is -0.0658. The summed E-state index contributed by atoms with van der Waals surface area (Å²) < 4.78 is 21.2. The van der Waals surface area contributed by atoms with E-state index in [1.807, 2.05) is 0 Å². The van der Waals surface area contributed by atoms with E-state index < -0.39 is 24.1 Å². The highest BCUT2D eigenvalue weighted by molar-refractivity contribution is 5.81. The standard InChI is InChI=1S/C32H50N2O8/c1-5-27(35)39-15-9-7-13-33-29(37)41-21-31(3)12-11-25-23-17-24(26(25)20-31)19-32(4,18-23)22-42-30(38)34-14-8-10-16-40-28(36)6-2/h5-6,23-26H,1-2,7-22H2,3-4H3,(H,33,37)(H,34,38). The third kappa shape index (κ3) is 10.3. The first-order valence-corrected chi connectivity index (χ1v) is 15.5. The molecule has 3 aliphatic carbocycles. The molecule has 2 amide bonds. The first-order valence-electron chi connectivity index (χ1n) is 15.5. The average molecular weight is 591 g/mol. The largest absolute Gasteiger partial charge is 0.463 e. The van der Waals surface area contributed by atoms with Gasteiger partial charge in [-0.3, -0.25) is 0 Å². The molecule has 0 aromatic carbocycles. The Morgan fingerprint density at radius 2 is 1.21 bits per heavy atom. The van der Waals surface area contributed by atoms with Crippen LogP contribution in [0.4, 0.5) is 9.59 Å². The Bertz CT molecular complexity index is 970. The van der Waals surface area contributed by atoms with E-state index in [-0.39, 0.29) is 10.8 Å². The van der Waals surface area contributed by atoms with E-state index in [9.17, 15) is 19.2 Å². The van der Waals surface area contributed by atoms with E-state index in [0.29, 0.717) is 88.9 Å². The molecular weight excluding hydrogens is 540 g/mol. The van der Waals surface area contributed by atoms with Crippen LogP contribution in [0.2, 0.25) is 0 Å². The molecule has 0 aliphatic heterocycles. The Hall–Kier alpha value is -3.04. The molecule has 42 heavy (non-hydrogen) atoms. The van der Waals surface area contributed by atoms with Crippen LogP contribution >= 0.6 is 0 Å². The van der Waals surface area contributed by atoms with Crippen LogP contribution in [0.25, 0.3) is 0 Å². The second-order valence-corrected chi connectivity index (χ2v) is 13.0. The first kappa shape index (κ1) is 33.5. The molecule has 0 aromatic rings. The highest BCUT2D eigenvalue weighted by Crippen LogP contribution is 2.62. The van der Waals surface area contributed by atoms with Crippen LogP contribution in [0.1, 0.15) is 78.1 Å². The molecule has 2 N–H and O–H groups in total. The molecule has 3 rings (SSSR count). The Morgan fingerprint density at radius 3 is 1.74 bits per heavy atom. The van der Waals surface area contributed by atoms with Gasteiger partial charge in [0.1, 0.15) is 0 Å². The molecular formula is C32H50N2O8. The second-order valence-electron chi connectivity index (χ2n) is 13.0. The summed E-state index contributed by atoms with van der Waals surface area (Å²) in [5, 5.41) is 5.60. The van der Waals surface area contributed by atoms with Crippen LogP contribution in [0.15, 0.2) is 25.3 Å². The number of esters is 2. The van der Waals surface area contributed by atoms with Crippen LogP contribution < -0.4 is 10.6 Å². The van der Waals surface area contributed by atoms with Crippen molar-refractivity contribution in [1.82, 2.24) is 10.6 Å². The number of carbonyl (C=O) groups is 4. The number of nitrogens with one attached hydrogen (secondary N) is 2. The number of carbonyl (C=O) groups excluding carboxylic acids is 4. The molecule has 0 radical (unpaired) electrons. The SMILES string of the molecule is C=CC(=O)OCCCCNC(=O)OCC1(C)CC2CC(C1)C1CC(C)(COC(=O)NCCCCOC(=O)C=C)CCC21. The van der Waals surface area contributed by atoms with Gasteiger partial charge in [0.25, 0.3) is 0 Å². The predicted octanol–water partition coefficient (Wildman–Crippen LogP) is 5.32. The van der Waals surface area contributed by atoms with Crippen molar-refractivity contribution in [3.05, 3.63) is 25.3 Å². The summed E-state index contributed by atoms with van der Waals surface area (Å²) in [5.74, 6) is 1.69. The molecule has 236 valence electrons. The van der Waals surface area contributed by atoms with Gasteiger partial charge >= 0.3 is 24.1 Å². The lowest BCUT2D eigenvalue weighted by Crippen LogP contribution is -2.38. The summed E-state index contributed by atoms with van der Waals surface area (Å²) >= 11 is 0. The van der Waals surface area contributed by atoms with E-state index in [1.165, 1.54) is 6.42 Å². The van der Waals surface area contributed by atoms with Gasteiger partial charge in [-0.15, -0.1) is 0 Å². The first-order chi connectivity index (χ1) is 20.1. The normalized spacial score (nSPS) is 29.4. The van der Waals surface area contributed by atoms with Crippen molar-refractivity contribution in [2.45, 2.75) is 78.1 Å². The topological polar surface area (TPSA) is 129 Å². The van der Waals surface area contributed by atoms with E-state index in [0.717, 1.165) is 44.3 Å². The zero-order valence-corrected chi connectivity index (χ0v) is 25.5. The van der Waals surface area contributed by atoms with Crippen molar-refractivity contribution in [3.63, 3.8) is 0 Å². The summed E-state index contributed by atoms with van der Waals surface area (Å²) in [7, 11) is 0. The second kappa shape index (κ2) is 16.0. The summed E-state index contributed by atoms with van der Waals surface area (Å²) in [6.45, 7) is 13.6. The van der Waals surface area contributed by atoms with Crippen molar-refractivity contribution >= 4 is 24.1 Å². The molecule has 10 heteroatoms. The third-order valence-corrected chi connectivity index (χ3v) is 9.29. The van der Waals surface area contributed by atoms with E-state index in [1.54, 1.807) is 0 Å². The molecule has 6 atom stereocenters. The van der Waals surface area contributed by atoms with E-state index in [4.69, 9.17) is 18.9 Å². The highest BCUT2D eigenvalue weighted by Gasteiger charge is 2.55. The van der Waals surface area contributed by atoms with Gasteiger partial charge < -0.3 is 29.6 Å². The lowest BCUT2D eigenvalue weighted by molar-refractivity contribution is -0.138. The molecule has 3 aliphatic rings. The number of fused-ring (bicyclic) bond motifs is 5. The number of ether oxygens (including phenoxy) is 4. The maximum absolute atomic E-state index is 12.3. The summed E-state index contributed by atoms with van der Waals surface area (Å²) in [4.78, 5) is 46.7. The number of unbranched alkanes of at least 4 members (excludes halogenated alkanes) is 2. The predicted molar refractivity (Wildman–Crippen MR) is 157 cm³/mol. The number of amides is 2. The van der Waals surface area contributed by atoms with Crippen LogP contribution in [0.3, 0.4) is 0 Å². The van der Waals surface area contributed by atoms with Crippen molar-refractivity contribution in [2.24, 2.45) is 34.5 Å². The number of rotatable bonds is 16. The van der Waals surface area contributed by atoms with Crippen LogP contribution in [-0.2, 0) is 28.5 Å². The Morgan fingerprint density at radius 1 is 0.714 bits per heavy atom. The maximum atomic E-state index is 12.3. The monoisotopic (exact) mass is 590 g/mol.